The molecule has 2 aromatic carbocycles. The van der Waals surface area contributed by atoms with E-state index >= 15 is 0 Å². The Morgan fingerprint density at radius 3 is 2.37 bits per heavy atom. The van der Waals surface area contributed by atoms with Crippen molar-refractivity contribution in [3.05, 3.63) is 65.7 Å². The van der Waals surface area contributed by atoms with Crippen LogP contribution in [-0.2, 0) is 0 Å². The van der Waals surface area contributed by atoms with E-state index in [0.29, 0.717) is 11.8 Å². The van der Waals surface area contributed by atoms with Gasteiger partial charge in [-0.3, -0.25) is 0 Å². The predicted molar refractivity (Wildman–Crippen MR) is 75.2 cm³/mol. The molecule has 1 fully saturated rings. The minimum absolute atomic E-state index is 0.343. The Morgan fingerprint density at radius 1 is 1.05 bits per heavy atom. The number of methoxy groups -OCH3 is 1. The summed E-state index contributed by atoms with van der Waals surface area (Å²) < 4.78 is 5.13. The van der Waals surface area contributed by atoms with Gasteiger partial charge < -0.3 is 9.84 Å². The van der Waals surface area contributed by atoms with Crippen LogP contribution in [-0.4, -0.2) is 12.2 Å². The molecule has 0 saturated heterocycles. The first-order valence-corrected chi connectivity index (χ1v) is 6.66. The molecule has 3 rings (SSSR count). The zero-order valence-electron chi connectivity index (χ0n) is 11.0. The summed E-state index contributed by atoms with van der Waals surface area (Å²) in [5, 5.41) is 10.4. The molecule has 0 heterocycles. The van der Waals surface area contributed by atoms with Crippen molar-refractivity contribution in [2.24, 2.45) is 5.92 Å². The quantitative estimate of drug-likeness (QED) is 0.904. The Balaban J connectivity index is 1.70. The van der Waals surface area contributed by atoms with Gasteiger partial charge in [-0.1, -0.05) is 42.5 Å². The topological polar surface area (TPSA) is 29.5 Å². The zero-order valence-corrected chi connectivity index (χ0v) is 11.0. The van der Waals surface area contributed by atoms with Crippen LogP contribution in [0.5, 0.6) is 5.75 Å². The Bertz CT molecular complexity index is 533. The number of aliphatic hydroxyl groups is 1. The van der Waals surface area contributed by atoms with Crippen molar-refractivity contribution in [2.75, 3.05) is 7.11 Å². The van der Waals surface area contributed by atoms with Gasteiger partial charge in [0, 0.05) is 0 Å². The summed E-state index contributed by atoms with van der Waals surface area (Å²) in [5.74, 6) is 1.67. The highest BCUT2D eigenvalue weighted by atomic mass is 16.5. The Hall–Kier alpha value is -1.80. The fourth-order valence-electron chi connectivity index (χ4n) is 2.70. The van der Waals surface area contributed by atoms with Crippen LogP contribution in [0.1, 0.15) is 29.6 Å². The predicted octanol–water partition coefficient (Wildman–Crippen LogP) is 3.53. The smallest absolute Gasteiger partial charge is 0.118 e. The third kappa shape index (κ3) is 2.49. The lowest BCUT2D eigenvalue weighted by Gasteiger charge is -2.11. The number of hydrogen-bond donors (Lipinski definition) is 1. The summed E-state index contributed by atoms with van der Waals surface area (Å²) in [7, 11) is 1.65. The van der Waals surface area contributed by atoms with Crippen LogP contribution in [0.4, 0.5) is 0 Å². The second-order valence-corrected chi connectivity index (χ2v) is 5.13. The molecular weight excluding hydrogens is 236 g/mol. The van der Waals surface area contributed by atoms with Gasteiger partial charge in [0.15, 0.2) is 0 Å². The van der Waals surface area contributed by atoms with Gasteiger partial charge in [-0.05, 0) is 41.5 Å². The molecule has 3 atom stereocenters. The van der Waals surface area contributed by atoms with Crippen molar-refractivity contribution in [1.82, 2.24) is 0 Å². The second-order valence-electron chi connectivity index (χ2n) is 5.13. The molecule has 2 aromatic rings. The zero-order chi connectivity index (χ0) is 13.2. The van der Waals surface area contributed by atoms with Crippen LogP contribution in [0.2, 0.25) is 0 Å². The second kappa shape index (κ2) is 5.06. The van der Waals surface area contributed by atoms with Crippen molar-refractivity contribution >= 4 is 0 Å². The summed E-state index contributed by atoms with van der Waals surface area (Å²) >= 11 is 0. The maximum Gasteiger partial charge on any atom is 0.118 e. The van der Waals surface area contributed by atoms with Gasteiger partial charge in [0.05, 0.1) is 13.2 Å². The molecule has 98 valence electrons. The molecule has 1 aliphatic rings. The van der Waals surface area contributed by atoms with Crippen LogP contribution in [0.15, 0.2) is 54.6 Å². The number of aliphatic hydroxyl groups excluding tert-OH is 1. The first-order valence-electron chi connectivity index (χ1n) is 6.66. The van der Waals surface area contributed by atoms with Crippen LogP contribution in [0.25, 0.3) is 0 Å². The van der Waals surface area contributed by atoms with Crippen molar-refractivity contribution in [2.45, 2.75) is 18.4 Å². The summed E-state index contributed by atoms with van der Waals surface area (Å²) in [4.78, 5) is 0. The minimum atomic E-state index is -0.379. The summed E-state index contributed by atoms with van der Waals surface area (Å²) in [6, 6.07) is 18.1. The standard InChI is InChI=1S/C17H18O2/c1-19-14-9-7-13(8-10-14)17(18)16-11-15(16)12-5-3-2-4-6-12/h2-10,15-18H,11H2,1H3. The van der Waals surface area contributed by atoms with Crippen LogP contribution < -0.4 is 4.74 Å². The van der Waals surface area contributed by atoms with Crippen LogP contribution >= 0.6 is 0 Å². The molecule has 1 N–H and O–H groups in total. The molecule has 1 saturated carbocycles. The van der Waals surface area contributed by atoms with Crippen molar-refractivity contribution in [3.8, 4) is 5.75 Å². The average Bonchev–Trinajstić information content (AvgIpc) is 3.28. The summed E-state index contributed by atoms with van der Waals surface area (Å²) in [6.45, 7) is 0. The Morgan fingerprint density at radius 2 is 1.74 bits per heavy atom. The normalized spacial score (nSPS) is 22.8. The van der Waals surface area contributed by atoms with Gasteiger partial charge in [-0.15, -0.1) is 0 Å². The number of rotatable bonds is 4. The van der Waals surface area contributed by atoms with Gasteiger partial charge in [0.25, 0.3) is 0 Å². The highest BCUT2D eigenvalue weighted by molar-refractivity contribution is 5.32. The van der Waals surface area contributed by atoms with Gasteiger partial charge in [0.2, 0.25) is 0 Å². The summed E-state index contributed by atoms with van der Waals surface area (Å²) in [5.41, 5.74) is 2.31. The van der Waals surface area contributed by atoms with Crippen LogP contribution in [0.3, 0.4) is 0 Å². The molecule has 0 aliphatic heterocycles. The third-order valence-electron chi connectivity index (χ3n) is 3.93. The highest BCUT2D eigenvalue weighted by Gasteiger charge is 2.43. The van der Waals surface area contributed by atoms with E-state index in [1.165, 1.54) is 5.56 Å². The molecule has 0 aromatic heterocycles. The van der Waals surface area contributed by atoms with E-state index in [2.05, 4.69) is 24.3 Å². The van der Waals surface area contributed by atoms with Crippen LogP contribution in [0, 0.1) is 5.92 Å². The van der Waals surface area contributed by atoms with Gasteiger partial charge in [-0.2, -0.15) is 0 Å². The Labute approximate surface area is 113 Å². The molecule has 2 heteroatoms. The average molecular weight is 254 g/mol. The minimum Gasteiger partial charge on any atom is -0.497 e. The monoisotopic (exact) mass is 254 g/mol. The first-order chi connectivity index (χ1) is 9.29. The fraction of sp³-hybridized carbons (Fsp3) is 0.294. The van der Waals surface area contributed by atoms with Gasteiger partial charge in [-0.25, -0.2) is 0 Å². The van der Waals surface area contributed by atoms with Crippen molar-refractivity contribution in [3.63, 3.8) is 0 Å². The largest absolute Gasteiger partial charge is 0.497 e. The van der Waals surface area contributed by atoms with E-state index in [1.54, 1.807) is 7.11 Å². The molecule has 19 heavy (non-hydrogen) atoms. The number of ether oxygens (including phenoxy) is 1. The van der Waals surface area contributed by atoms with Crippen molar-refractivity contribution in [1.29, 1.82) is 0 Å². The first kappa shape index (κ1) is 12.2. The lowest BCUT2D eigenvalue weighted by molar-refractivity contribution is 0.151. The summed E-state index contributed by atoms with van der Waals surface area (Å²) in [6.07, 6.45) is 0.688. The lowest BCUT2D eigenvalue weighted by atomic mass is 10.0. The Kier molecular flexibility index (Phi) is 3.26. The molecule has 1 aliphatic carbocycles. The number of benzene rings is 2. The molecule has 0 radical (unpaired) electrons. The van der Waals surface area contributed by atoms with Gasteiger partial charge >= 0.3 is 0 Å². The SMILES string of the molecule is COc1ccc(C(O)C2CC2c2ccccc2)cc1. The number of hydrogen-bond acceptors (Lipinski definition) is 2. The van der Waals surface area contributed by atoms with E-state index < -0.39 is 0 Å². The lowest BCUT2D eigenvalue weighted by Crippen LogP contribution is -2.01. The molecule has 0 spiro atoms. The van der Waals surface area contributed by atoms with E-state index in [9.17, 15) is 5.11 Å². The van der Waals surface area contributed by atoms with Crippen molar-refractivity contribution < 1.29 is 9.84 Å². The fourth-order valence-corrected chi connectivity index (χ4v) is 2.70. The molecular formula is C17H18O2. The van der Waals surface area contributed by atoms with E-state index in [4.69, 9.17) is 4.74 Å². The maximum atomic E-state index is 10.4. The molecule has 0 amide bonds. The van der Waals surface area contributed by atoms with E-state index in [1.807, 2.05) is 30.3 Å². The van der Waals surface area contributed by atoms with E-state index in [0.717, 1.165) is 17.7 Å². The van der Waals surface area contributed by atoms with Gasteiger partial charge in [0.1, 0.15) is 5.75 Å². The maximum absolute atomic E-state index is 10.4. The highest BCUT2D eigenvalue weighted by Crippen LogP contribution is 2.53. The third-order valence-corrected chi connectivity index (χ3v) is 3.93. The molecule has 3 unspecified atom stereocenters. The molecule has 0 bridgehead atoms. The molecule has 2 nitrogen and oxygen atoms in total. The van der Waals surface area contributed by atoms with E-state index in [-0.39, 0.29) is 6.10 Å².